The largest absolute Gasteiger partial charge is 0.368 e. The molecule has 112 valence electrons. The highest BCUT2D eigenvalue weighted by atomic mass is 35.5. The minimum absolute atomic E-state index is 0.700. The first-order valence-corrected chi connectivity index (χ1v) is 8.11. The number of hydrogen-bond acceptors (Lipinski definition) is 6. The van der Waals surface area contributed by atoms with Crippen LogP contribution in [0.4, 0.5) is 16.5 Å². The molecule has 0 aliphatic carbocycles. The van der Waals surface area contributed by atoms with Crippen LogP contribution < -0.4 is 21.1 Å². The second-order valence-corrected chi connectivity index (χ2v) is 6.34. The number of nitrogens with one attached hydrogen (secondary N) is 1. The molecule has 1 aliphatic rings. The van der Waals surface area contributed by atoms with E-state index >= 15 is 0 Å². The molecule has 3 N–H and O–H groups in total. The number of nitrogen functional groups attached to an aromatic ring is 1. The molecule has 0 spiro atoms. The van der Waals surface area contributed by atoms with Gasteiger partial charge in [0, 0.05) is 48.5 Å². The zero-order chi connectivity index (χ0) is 14.8. The average molecular weight is 324 g/mol. The van der Waals surface area contributed by atoms with Gasteiger partial charge in [-0.1, -0.05) is 11.6 Å². The first kappa shape index (κ1) is 14.4. The molecule has 21 heavy (non-hydrogen) atoms. The maximum atomic E-state index is 6.19. The smallest absolute Gasteiger partial charge is 0.185 e. The summed E-state index contributed by atoms with van der Waals surface area (Å²) < 4.78 is 0. The fourth-order valence-electron chi connectivity index (χ4n) is 2.65. The lowest BCUT2D eigenvalue weighted by Gasteiger charge is -2.37. The van der Waals surface area contributed by atoms with Crippen LogP contribution in [0, 0.1) is 6.92 Å². The van der Waals surface area contributed by atoms with Gasteiger partial charge in [-0.05, 0) is 24.6 Å². The highest BCUT2D eigenvalue weighted by molar-refractivity contribution is 7.13. The molecule has 0 unspecified atom stereocenters. The number of hydrazine groups is 1. The van der Waals surface area contributed by atoms with Gasteiger partial charge in [-0.25, -0.2) is 4.98 Å². The SMILES string of the molecule is Cc1c(NN)cc(Cl)cc1N1CCN(c2nccs2)CC1. The highest BCUT2D eigenvalue weighted by Crippen LogP contribution is 2.32. The van der Waals surface area contributed by atoms with Gasteiger partial charge in [0.25, 0.3) is 0 Å². The Bertz CT molecular complexity index is 608. The summed E-state index contributed by atoms with van der Waals surface area (Å²) >= 11 is 7.88. The molecule has 0 amide bonds. The van der Waals surface area contributed by atoms with Crippen molar-refractivity contribution < 1.29 is 0 Å². The summed E-state index contributed by atoms with van der Waals surface area (Å²) in [4.78, 5) is 9.05. The third kappa shape index (κ3) is 2.92. The molecule has 0 atom stereocenters. The summed E-state index contributed by atoms with van der Waals surface area (Å²) in [5.74, 6) is 5.56. The third-order valence-electron chi connectivity index (χ3n) is 3.81. The number of hydrogen-bond donors (Lipinski definition) is 2. The number of nitrogens with zero attached hydrogens (tertiary/aromatic N) is 3. The van der Waals surface area contributed by atoms with E-state index in [1.165, 1.54) is 0 Å². The Labute approximate surface area is 133 Å². The fraction of sp³-hybridized carbons (Fsp3) is 0.357. The van der Waals surface area contributed by atoms with Crippen molar-refractivity contribution in [3.8, 4) is 0 Å². The van der Waals surface area contributed by atoms with Crippen molar-refractivity contribution in [2.75, 3.05) is 41.4 Å². The maximum absolute atomic E-state index is 6.19. The predicted molar refractivity (Wildman–Crippen MR) is 90.5 cm³/mol. The van der Waals surface area contributed by atoms with Gasteiger partial charge < -0.3 is 15.2 Å². The van der Waals surface area contributed by atoms with Gasteiger partial charge in [-0.3, -0.25) is 5.84 Å². The fourth-order valence-corrected chi connectivity index (χ4v) is 3.56. The van der Waals surface area contributed by atoms with Crippen LogP contribution in [0.15, 0.2) is 23.7 Å². The molecule has 2 heterocycles. The van der Waals surface area contributed by atoms with Crippen molar-refractivity contribution >= 4 is 39.4 Å². The average Bonchev–Trinajstić information content (AvgIpc) is 3.04. The lowest BCUT2D eigenvalue weighted by atomic mass is 10.1. The predicted octanol–water partition coefficient (Wildman–Crippen LogP) is 2.72. The molecule has 3 rings (SSSR count). The zero-order valence-corrected chi connectivity index (χ0v) is 13.4. The van der Waals surface area contributed by atoms with Gasteiger partial charge >= 0.3 is 0 Å². The molecule has 1 aromatic heterocycles. The second kappa shape index (κ2) is 6.09. The van der Waals surface area contributed by atoms with Gasteiger partial charge in [0.05, 0.1) is 5.69 Å². The van der Waals surface area contributed by atoms with Crippen LogP contribution in [-0.4, -0.2) is 31.2 Å². The van der Waals surface area contributed by atoms with Gasteiger partial charge in [-0.15, -0.1) is 11.3 Å². The lowest BCUT2D eigenvalue weighted by Crippen LogP contribution is -2.46. The van der Waals surface area contributed by atoms with E-state index in [0.717, 1.165) is 48.2 Å². The number of anilines is 3. The summed E-state index contributed by atoms with van der Waals surface area (Å²) in [6.07, 6.45) is 1.85. The van der Waals surface area contributed by atoms with E-state index in [1.54, 1.807) is 11.3 Å². The van der Waals surface area contributed by atoms with E-state index in [1.807, 2.05) is 23.7 Å². The molecule has 0 radical (unpaired) electrons. The number of nitrogens with two attached hydrogens (primary N) is 1. The zero-order valence-electron chi connectivity index (χ0n) is 11.8. The first-order chi connectivity index (χ1) is 10.2. The Kier molecular flexibility index (Phi) is 4.19. The van der Waals surface area contributed by atoms with Crippen molar-refractivity contribution in [1.29, 1.82) is 0 Å². The number of benzene rings is 1. The van der Waals surface area contributed by atoms with Crippen LogP contribution in [0.5, 0.6) is 0 Å². The number of halogens is 1. The first-order valence-electron chi connectivity index (χ1n) is 6.85. The molecule has 0 bridgehead atoms. The topological polar surface area (TPSA) is 57.4 Å². The Morgan fingerprint density at radius 2 is 1.95 bits per heavy atom. The van der Waals surface area contributed by atoms with E-state index in [2.05, 4.69) is 27.1 Å². The molecule has 1 saturated heterocycles. The van der Waals surface area contributed by atoms with Crippen LogP contribution >= 0.6 is 22.9 Å². The summed E-state index contributed by atoms with van der Waals surface area (Å²) in [6, 6.07) is 3.86. The van der Waals surface area contributed by atoms with E-state index in [0.29, 0.717) is 5.02 Å². The monoisotopic (exact) mass is 323 g/mol. The third-order valence-corrected chi connectivity index (χ3v) is 4.86. The van der Waals surface area contributed by atoms with Crippen molar-refractivity contribution in [2.45, 2.75) is 6.92 Å². The minimum Gasteiger partial charge on any atom is -0.368 e. The summed E-state index contributed by atoms with van der Waals surface area (Å²) in [5, 5.41) is 3.81. The van der Waals surface area contributed by atoms with Gasteiger partial charge in [0.1, 0.15) is 0 Å². The minimum atomic E-state index is 0.700. The molecular weight excluding hydrogens is 306 g/mol. The Balaban J connectivity index is 1.76. The Morgan fingerprint density at radius 3 is 2.57 bits per heavy atom. The van der Waals surface area contributed by atoms with E-state index in [9.17, 15) is 0 Å². The van der Waals surface area contributed by atoms with Crippen molar-refractivity contribution in [2.24, 2.45) is 5.84 Å². The molecule has 1 aromatic carbocycles. The van der Waals surface area contributed by atoms with Gasteiger partial charge in [-0.2, -0.15) is 0 Å². The normalized spacial score (nSPS) is 15.4. The second-order valence-electron chi connectivity index (χ2n) is 5.03. The van der Waals surface area contributed by atoms with Crippen LogP contribution in [0.2, 0.25) is 5.02 Å². The quantitative estimate of drug-likeness (QED) is 0.672. The number of piperazine rings is 1. The van der Waals surface area contributed by atoms with E-state index in [-0.39, 0.29) is 0 Å². The molecule has 0 saturated carbocycles. The molecule has 5 nitrogen and oxygen atoms in total. The van der Waals surface area contributed by atoms with Crippen LogP contribution in [-0.2, 0) is 0 Å². The molecular formula is C14H18ClN5S. The van der Waals surface area contributed by atoms with Crippen LogP contribution in [0.1, 0.15) is 5.56 Å². The molecule has 2 aromatic rings. The summed E-state index contributed by atoms with van der Waals surface area (Å²) in [6.45, 7) is 5.89. The van der Waals surface area contributed by atoms with Gasteiger partial charge in [0.2, 0.25) is 0 Å². The molecule has 7 heteroatoms. The van der Waals surface area contributed by atoms with Crippen LogP contribution in [0.3, 0.4) is 0 Å². The van der Waals surface area contributed by atoms with Crippen molar-refractivity contribution in [3.05, 3.63) is 34.3 Å². The Morgan fingerprint density at radius 1 is 1.24 bits per heavy atom. The van der Waals surface area contributed by atoms with Crippen LogP contribution in [0.25, 0.3) is 0 Å². The van der Waals surface area contributed by atoms with Crippen molar-refractivity contribution in [3.63, 3.8) is 0 Å². The standard InChI is InChI=1S/C14H18ClN5S/c1-10-12(18-16)8-11(15)9-13(10)19-3-5-20(6-4-19)14-17-2-7-21-14/h2,7-9,18H,3-6,16H2,1H3. The van der Waals surface area contributed by atoms with E-state index < -0.39 is 0 Å². The number of aromatic nitrogens is 1. The summed E-state index contributed by atoms with van der Waals surface area (Å²) in [7, 11) is 0. The number of rotatable bonds is 3. The highest BCUT2D eigenvalue weighted by Gasteiger charge is 2.21. The maximum Gasteiger partial charge on any atom is 0.185 e. The lowest BCUT2D eigenvalue weighted by molar-refractivity contribution is 0.651. The molecule has 1 aliphatic heterocycles. The Hall–Kier alpha value is -1.50. The van der Waals surface area contributed by atoms with Gasteiger partial charge in [0.15, 0.2) is 5.13 Å². The van der Waals surface area contributed by atoms with Crippen molar-refractivity contribution in [1.82, 2.24) is 4.98 Å². The molecule has 1 fully saturated rings. The van der Waals surface area contributed by atoms with E-state index in [4.69, 9.17) is 17.4 Å². The summed E-state index contributed by atoms with van der Waals surface area (Å²) in [5.41, 5.74) is 5.87. The number of thiazole rings is 1.